The largest absolute Gasteiger partial charge is 0.354 e. The number of nitrogens with one attached hydrogen (secondary N) is 2. The summed E-state index contributed by atoms with van der Waals surface area (Å²) >= 11 is 0. The van der Waals surface area contributed by atoms with Crippen molar-refractivity contribution in [2.24, 2.45) is 0 Å². The van der Waals surface area contributed by atoms with E-state index in [1.165, 1.54) is 11.1 Å². The number of fused-ring (bicyclic) bond motifs is 8. The molecule has 0 saturated heterocycles. The highest BCUT2D eigenvalue weighted by Gasteiger charge is 2.25. The molecule has 11 aromatic rings. The Morgan fingerprint density at radius 3 is 0.822 bits per heavy atom. The van der Waals surface area contributed by atoms with Gasteiger partial charge >= 0.3 is 0 Å². The fourth-order valence-corrected chi connectivity index (χ4v) is 11.8. The molecule has 2 amide bonds. The van der Waals surface area contributed by atoms with Gasteiger partial charge in [0, 0.05) is 80.2 Å². The lowest BCUT2D eigenvalue weighted by Crippen LogP contribution is -2.30. The second-order valence-electron chi connectivity index (χ2n) is 24.9. The molecular weight excluding hydrogens is 1110 g/mol. The van der Waals surface area contributed by atoms with Crippen LogP contribution in [0.3, 0.4) is 0 Å². The van der Waals surface area contributed by atoms with E-state index in [-0.39, 0.29) is 22.6 Å². The van der Waals surface area contributed by atoms with Crippen LogP contribution in [0.15, 0.2) is 219 Å². The molecule has 0 atom stereocenters. The quantitative estimate of drug-likeness (QED) is 0.109. The second kappa shape index (κ2) is 24.7. The number of aromatic amines is 2. The van der Waals surface area contributed by atoms with E-state index >= 15 is 0 Å². The zero-order valence-electron chi connectivity index (χ0n) is 51.3. The predicted octanol–water partition coefficient (Wildman–Crippen LogP) is 17.2. The fraction of sp³-hybridized carbons (Fsp3) is 0.154. The lowest BCUT2D eigenvalue weighted by molar-refractivity contribution is 0.0719. The second-order valence-corrected chi connectivity index (χ2v) is 24.9. The van der Waals surface area contributed by atoms with Gasteiger partial charge in [-0.3, -0.25) is 29.5 Å². The summed E-state index contributed by atoms with van der Waals surface area (Å²) in [7, 11) is 0. The van der Waals surface area contributed by atoms with E-state index in [0.29, 0.717) is 37.3 Å². The first kappa shape index (κ1) is 58.1. The summed E-state index contributed by atoms with van der Waals surface area (Å²) in [6.45, 7) is 14.6. The number of nitrogens with zero attached hydrogens (tertiary/aromatic N) is 8. The fourth-order valence-electron chi connectivity index (χ4n) is 11.8. The minimum Gasteiger partial charge on any atom is -0.354 e. The number of carbonyl (C=O) groups excluding carboxylic acids is 2. The monoisotopic (exact) mass is 1180 g/mol. The Labute approximate surface area is 524 Å². The molecule has 442 valence electrons. The minimum atomic E-state index is -0.138. The lowest BCUT2D eigenvalue weighted by atomic mass is 9.86. The Morgan fingerprint density at radius 2 is 0.589 bits per heavy atom. The van der Waals surface area contributed by atoms with Crippen molar-refractivity contribution in [3.05, 3.63) is 287 Å². The standard InChI is InChI=1S/C78H68N10O2/c1-77(2,3)57-31-27-53(28-32-57)73-67-39-35-63(83-67)71(51-19-23-55(24-20-51)75(89)87(47-59-15-7-11-43-79-59)48-60-16-8-12-44-80-60)65-37-41-69(85-65)74(54-29-33-58(34-30-54)78(4,5)6)70-42-38-66(86-70)72(64-36-40-68(73)84-64)52-21-25-56(26-22-52)76(90)88(49-61-17-9-13-45-81-61)50-62-18-10-14-46-82-62/h7-46,83,86H,47-50H2,1-6H3. The normalized spacial score (nSPS) is 12.1. The number of hydrogen-bond acceptors (Lipinski definition) is 8. The Morgan fingerprint density at radius 1 is 0.333 bits per heavy atom. The van der Waals surface area contributed by atoms with E-state index in [4.69, 9.17) is 9.97 Å². The highest BCUT2D eigenvalue weighted by Crippen LogP contribution is 2.40. The third kappa shape index (κ3) is 12.5. The lowest BCUT2D eigenvalue weighted by Gasteiger charge is -2.22. The van der Waals surface area contributed by atoms with Crippen molar-refractivity contribution in [3.63, 3.8) is 0 Å². The topological polar surface area (TPSA) is 150 Å². The van der Waals surface area contributed by atoms with Gasteiger partial charge in [0.15, 0.2) is 0 Å². The van der Waals surface area contributed by atoms with E-state index in [9.17, 15) is 9.59 Å². The molecule has 0 radical (unpaired) electrons. The van der Waals surface area contributed by atoms with Crippen molar-refractivity contribution < 1.29 is 9.59 Å². The van der Waals surface area contributed by atoms with Gasteiger partial charge in [0.1, 0.15) is 0 Å². The maximum absolute atomic E-state index is 14.7. The van der Waals surface area contributed by atoms with Gasteiger partial charge in [0.05, 0.1) is 71.7 Å². The number of carbonyl (C=O) groups is 2. The number of benzene rings is 4. The molecule has 12 heteroatoms. The molecule has 8 bridgehead atoms. The number of aromatic nitrogens is 8. The molecule has 12 nitrogen and oxygen atoms in total. The number of pyridine rings is 4. The van der Waals surface area contributed by atoms with Gasteiger partial charge in [-0.2, -0.15) is 0 Å². The highest BCUT2D eigenvalue weighted by molar-refractivity contribution is 6.01. The molecule has 13 rings (SSSR count). The van der Waals surface area contributed by atoms with Crippen molar-refractivity contribution in [3.8, 4) is 44.5 Å². The van der Waals surface area contributed by atoms with Crippen molar-refractivity contribution >= 4 is 58.2 Å². The van der Waals surface area contributed by atoms with Crippen molar-refractivity contribution in [1.82, 2.24) is 49.7 Å². The molecule has 0 fully saturated rings. The van der Waals surface area contributed by atoms with Crippen molar-refractivity contribution in [2.45, 2.75) is 78.6 Å². The van der Waals surface area contributed by atoms with Crippen LogP contribution in [0.5, 0.6) is 0 Å². The molecule has 7 aromatic heterocycles. The van der Waals surface area contributed by atoms with Crippen LogP contribution in [0.1, 0.15) is 119 Å². The van der Waals surface area contributed by atoms with Crippen LogP contribution in [0, 0.1) is 0 Å². The van der Waals surface area contributed by atoms with Gasteiger partial charge in [-0.25, -0.2) is 9.97 Å². The number of hydrogen-bond donors (Lipinski definition) is 2. The zero-order valence-corrected chi connectivity index (χ0v) is 51.3. The van der Waals surface area contributed by atoms with E-state index in [0.717, 1.165) is 112 Å². The van der Waals surface area contributed by atoms with Crippen LogP contribution in [-0.4, -0.2) is 61.5 Å². The molecule has 0 saturated carbocycles. The van der Waals surface area contributed by atoms with Crippen LogP contribution in [-0.2, 0) is 37.0 Å². The molecule has 9 heterocycles. The van der Waals surface area contributed by atoms with E-state index in [1.807, 2.05) is 121 Å². The average Bonchev–Trinajstić information content (AvgIpc) is 1.63. The third-order valence-corrected chi connectivity index (χ3v) is 16.6. The molecule has 2 aliphatic heterocycles. The molecule has 0 unspecified atom stereocenters. The molecule has 90 heavy (non-hydrogen) atoms. The number of rotatable bonds is 14. The summed E-state index contributed by atoms with van der Waals surface area (Å²) < 4.78 is 0. The smallest absolute Gasteiger partial charge is 0.254 e. The van der Waals surface area contributed by atoms with E-state index in [1.54, 1.807) is 34.6 Å². The SMILES string of the molecule is CC(C)(C)c1ccc(-c2c3nc(c(-c4ccc(C(=O)N(Cc5ccccn5)Cc5ccccn5)cc4)c4ccc([nH]4)c(-c4ccc(C(C)(C)C)cc4)c4nc(c(-c5ccc(C(=O)N(Cc6ccccn6)Cc6ccccn6)cc5)c5ccc2[nH]5)C=C4)C=C3)cc1. The maximum atomic E-state index is 14.7. The Hall–Kier alpha value is -11.0. The first-order chi connectivity index (χ1) is 43.7. The van der Waals surface area contributed by atoms with Crippen LogP contribution in [0.25, 0.3) is 90.9 Å². The molecular formula is C78H68N10O2. The molecule has 2 N–H and O–H groups in total. The van der Waals surface area contributed by atoms with Gasteiger partial charge in [-0.15, -0.1) is 0 Å². The van der Waals surface area contributed by atoms with Gasteiger partial charge in [-0.05, 0) is 166 Å². The predicted molar refractivity (Wildman–Crippen MR) is 362 cm³/mol. The average molecular weight is 1180 g/mol. The van der Waals surface area contributed by atoms with Crippen LogP contribution >= 0.6 is 0 Å². The molecule has 0 spiro atoms. The first-order valence-electron chi connectivity index (χ1n) is 30.4. The highest BCUT2D eigenvalue weighted by atomic mass is 16.2. The Kier molecular flexibility index (Phi) is 15.9. The molecule has 2 aliphatic rings. The summed E-state index contributed by atoms with van der Waals surface area (Å²) in [6, 6.07) is 64.7. The van der Waals surface area contributed by atoms with Crippen molar-refractivity contribution in [2.75, 3.05) is 0 Å². The van der Waals surface area contributed by atoms with Gasteiger partial charge in [0.25, 0.3) is 11.8 Å². The Bertz CT molecular complexity index is 4280. The first-order valence-corrected chi connectivity index (χ1v) is 30.4. The number of H-pyrrole nitrogens is 2. The maximum Gasteiger partial charge on any atom is 0.254 e. The zero-order chi connectivity index (χ0) is 61.9. The third-order valence-electron chi connectivity index (χ3n) is 16.6. The summed E-state index contributed by atoms with van der Waals surface area (Å²) in [5.74, 6) is -0.276. The van der Waals surface area contributed by atoms with Crippen molar-refractivity contribution in [1.29, 1.82) is 0 Å². The summed E-state index contributed by atoms with van der Waals surface area (Å²) in [4.78, 5) is 70.2. The molecule has 4 aromatic carbocycles. The van der Waals surface area contributed by atoms with Crippen LogP contribution < -0.4 is 0 Å². The van der Waals surface area contributed by atoms with Crippen LogP contribution in [0.4, 0.5) is 0 Å². The number of amides is 2. The van der Waals surface area contributed by atoms with E-state index < -0.39 is 0 Å². The van der Waals surface area contributed by atoms with Gasteiger partial charge in [0.2, 0.25) is 0 Å². The summed E-state index contributed by atoms with van der Waals surface area (Å²) in [5.41, 5.74) is 20.2. The van der Waals surface area contributed by atoms with Gasteiger partial charge in [-0.1, -0.05) is 139 Å². The minimum absolute atomic E-state index is 0.0660. The Balaban J connectivity index is 1.00. The summed E-state index contributed by atoms with van der Waals surface area (Å²) in [6.07, 6.45) is 15.4. The molecule has 0 aliphatic carbocycles. The van der Waals surface area contributed by atoms with Gasteiger partial charge < -0.3 is 19.8 Å². The van der Waals surface area contributed by atoms with Crippen LogP contribution in [0.2, 0.25) is 0 Å². The summed E-state index contributed by atoms with van der Waals surface area (Å²) in [5, 5.41) is 0. The van der Waals surface area contributed by atoms with E-state index in [2.05, 4.69) is 169 Å².